The summed E-state index contributed by atoms with van der Waals surface area (Å²) in [4.78, 5) is 16.0. The van der Waals surface area contributed by atoms with Crippen molar-refractivity contribution in [2.24, 2.45) is 7.05 Å². The van der Waals surface area contributed by atoms with Crippen LogP contribution in [0.2, 0.25) is 18.1 Å². The third kappa shape index (κ3) is 3.65. The fourth-order valence-electron chi connectivity index (χ4n) is 2.24. The molecular formula is C18H27N3O2Si. The predicted octanol–water partition coefficient (Wildman–Crippen LogP) is 4.12. The minimum atomic E-state index is -1.90. The van der Waals surface area contributed by atoms with E-state index in [1.54, 1.807) is 10.9 Å². The van der Waals surface area contributed by atoms with Crippen molar-refractivity contribution in [1.82, 2.24) is 14.8 Å². The minimum absolute atomic E-state index is 0.118. The molecule has 0 atom stereocenters. The molecule has 0 aliphatic carbocycles. The summed E-state index contributed by atoms with van der Waals surface area (Å²) < 4.78 is 7.97. The number of hydrogen-bond donors (Lipinski definition) is 0. The summed E-state index contributed by atoms with van der Waals surface area (Å²) in [5, 5.41) is 4.64. The molecule has 0 bridgehead atoms. The summed E-state index contributed by atoms with van der Waals surface area (Å²) in [5.41, 5.74) is 3.88. The van der Waals surface area contributed by atoms with E-state index in [0.29, 0.717) is 17.9 Å². The first-order chi connectivity index (χ1) is 11.1. The Hall–Kier alpha value is -1.79. The van der Waals surface area contributed by atoms with Crippen molar-refractivity contribution in [1.29, 1.82) is 0 Å². The Balaban J connectivity index is 2.35. The monoisotopic (exact) mass is 345 g/mol. The van der Waals surface area contributed by atoms with Crippen molar-refractivity contribution in [3.05, 3.63) is 35.3 Å². The number of hydrogen-bond acceptors (Lipinski definition) is 4. The molecule has 0 spiro atoms. The van der Waals surface area contributed by atoms with Crippen molar-refractivity contribution in [3.63, 3.8) is 0 Å². The number of aromatic nitrogens is 3. The molecule has 0 N–H and O–H groups in total. The van der Waals surface area contributed by atoms with Crippen molar-refractivity contribution in [3.8, 4) is 11.3 Å². The van der Waals surface area contributed by atoms with Gasteiger partial charge in [0.05, 0.1) is 23.6 Å². The highest BCUT2D eigenvalue weighted by Crippen LogP contribution is 2.37. The van der Waals surface area contributed by atoms with Gasteiger partial charge >= 0.3 is 0 Å². The Labute approximate surface area is 145 Å². The number of carbonyl (C=O) groups is 1. The molecule has 0 aromatic carbocycles. The lowest BCUT2D eigenvalue weighted by molar-refractivity contribution is 0.112. The van der Waals surface area contributed by atoms with Crippen LogP contribution in [0, 0.1) is 6.92 Å². The first kappa shape index (κ1) is 18.5. The first-order valence-corrected chi connectivity index (χ1v) is 11.1. The van der Waals surface area contributed by atoms with Gasteiger partial charge in [0, 0.05) is 24.5 Å². The molecule has 5 nitrogen and oxygen atoms in total. The second-order valence-electron chi connectivity index (χ2n) is 7.69. The number of rotatable bonds is 5. The smallest absolute Gasteiger partial charge is 0.192 e. The first-order valence-electron chi connectivity index (χ1n) is 8.15. The van der Waals surface area contributed by atoms with Crippen molar-refractivity contribution < 1.29 is 9.22 Å². The number of carbonyl (C=O) groups excluding carboxylic acids is 1. The van der Waals surface area contributed by atoms with E-state index in [9.17, 15) is 4.79 Å². The van der Waals surface area contributed by atoms with Gasteiger partial charge in [-0.2, -0.15) is 5.10 Å². The molecule has 0 radical (unpaired) electrons. The SMILES string of the molecule is Cc1ccc(-c2c(C=O)c(CO[Si](C)(C)C(C)(C)C)nn2C)cn1. The molecule has 0 unspecified atom stereocenters. The van der Waals surface area contributed by atoms with Crippen LogP contribution in [0.25, 0.3) is 11.3 Å². The van der Waals surface area contributed by atoms with E-state index in [0.717, 1.165) is 23.2 Å². The minimum Gasteiger partial charge on any atom is -0.411 e. The van der Waals surface area contributed by atoms with E-state index >= 15 is 0 Å². The van der Waals surface area contributed by atoms with Gasteiger partial charge in [-0.25, -0.2) is 0 Å². The standard InChI is InChI=1S/C18H27N3O2Si/c1-13-8-9-14(10-19-13)17-15(11-22)16(20-21(17)5)12-23-24(6,7)18(2,3)4/h8-11H,12H2,1-7H3. The average Bonchev–Trinajstić information content (AvgIpc) is 2.81. The van der Waals surface area contributed by atoms with Crippen LogP contribution in [0.4, 0.5) is 0 Å². The molecule has 2 aromatic heterocycles. The summed E-state index contributed by atoms with van der Waals surface area (Å²) in [6.45, 7) is 13.3. The second-order valence-corrected chi connectivity index (χ2v) is 12.5. The van der Waals surface area contributed by atoms with E-state index in [-0.39, 0.29) is 5.04 Å². The van der Waals surface area contributed by atoms with Crippen LogP contribution in [0.5, 0.6) is 0 Å². The van der Waals surface area contributed by atoms with Gasteiger partial charge in [-0.15, -0.1) is 0 Å². The molecular weight excluding hydrogens is 318 g/mol. The van der Waals surface area contributed by atoms with Crippen molar-refractivity contribution >= 4 is 14.6 Å². The Kier molecular flexibility index (Phi) is 5.10. The Bertz CT molecular complexity index is 728. The highest BCUT2D eigenvalue weighted by molar-refractivity contribution is 6.74. The highest BCUT2D eigenvalue weighted by atomic mass is 28.4. The molecule has 0 saturated carbocycles. The lowest BCUT2D eigenvalue weighted by Gasteiger charge is -2.35. The van der Waals surface area contributed by atoms with Crippen LogP contribution in [-0.2, 0) is 18.1 Å². The molecule has 6 heteroatoms. The van der Waals surface area contributed by atoms with E-state index in [1.807, 2.05) is 26.1 Å². The van der Waals surface area contributed by atoms with Gasteiger partial charge in [0.25, 0.3) is 0 Å². The third-order valence-electron chi connectivity index (χ3n) is 4.84. The largest absolute Gasteiger partial charge is 0.411 e. The summed E-state index contributed by atoms with van der Waals surface area (Å²) in [5.74, 6) is 0. The highest BCUT2D eigenvalue weighted by Gasteiger charge is 2.37. The predicted molar refractivity (Wildman–Crippen MR) is 98.5 cm³/mol. The van der Waals surface area contributed by atoms with Gasteiger partial charge in [-0.3, -0.25) is 14.5 Å². The van der Waals surface area contributed by atoms with E-state index in [2.05, 4.69) is 43.9 Å². The number of nitrogens with zero attached hydrogens (tertiary/aromatic N) is 3. The van der Waals surface area contributed by atoms with Gasteiger partial charge in [-0.1, -0.05) is 20.8 Å². The maximum Gasteiger partial charge on any atom is 0.192 e. The number of aryl methyl sites for hydroxylation is 2. The molecule has 24 heavy (non-hydrogen) atoms. The van der Waals surface area contributed by atoms with Crippen molar-refractivity contribution in [2.45, 2.75) is 52.4 Å². The van der Waals surface area contributed by atoms with Gasteiger partial charge in [0.1, 0.15) is 0 Å². The second kappa shape index (κ2) is 6.61. The maximum atomic E-state index is 11.7. The lowest BCUT2D eigenvalue weighted by Crippen LogP contribution is -2.40. The zero-order valence-electron chi connectivity index (χ0n) is 15.7. The van der Waals surface area contributed by atoms with Crippen LogP contribution < -0.4 is 0 Å². The normalized spacial score (nSPS) is 12.5. The lowest BCUT2D eigenvalue weighted by atomic mass is 10.1. The van der Waals surface area contributed by atoms with E-state index in [4.69, 9.17) is 4.43 Å². The zero-order valence-corrected chi connectivity index (χ0v) is 16.7. The van der Waals surface area contributed by atoms with Crippen LogP contribution in [0.3, 0.4) is 0 Å². The van der Waals surface area contributed by atoms with Crippen LogP contribution in [0.15, 0.2) is 18.3 Å². The summed E-state index contributed by atoms with van der Waals surface area (Å²) >= 11 is 0. The third-order valence-corrected chi connectivity index (χ3v) is 9.32. The summed E-state index contributed by atoms with van der Waals surface area (Å²) in [7, 11) is -0.0505. The fourth-order valence-corrected chi connectivity index (χ4v) is 3.17. The topological polar surface area (TPSA) is 57.0 Å². The molecule has 0 saturated heterocycles. The number of aldehydes is 1. The summed E-state index contributed by atoms with van der Waals surface area (Å²) in [6.07, 6.45) is 2.64. The van der Waals surface area contributed by atoms with Crippen LogP contribution in [0.1, 0.15) is 42.5 Å². The van der Waals surface area contributed by atoms with Crippen molar-refractivity contribution in [2.75, 3.05) is 0 Å². The van der Waals surface area contributed by atoms with Gasteiger partial charge in [-0.05, 0) is 37.2 Å². The Morgan fingerprint density at radius 2 is 1.96 bits per heavy atom. The average molecular weight is 346 g/mol. The van der Waals surface area contributed by atoms with Gasteiger partial charge in [0.15, 0.2) is 14.6 Å². The van der Waals surface area contributed by atoms with Gasteiger partial charge < -0.3 is 4.43 Å². The Morgan fingerprint density at radius 3 is 2.46 bits per heavy atom. The molecule has 0 fully saturated rings. The van der Waals surface area contributed by atoms with Crippen LogP contribution in [-0.4, -0.2) is 29.4 Å². The molecule has 0 amide bonds. The molecule has 2 aromatic rings. The molecule has 0 aliphatic heterocycles. The zero-order chi connectivity index (χ0) is 18.1. The quantitative estimate of drug-likeness (QED) is 0.604. The fraction of sp³-hybridized carbons (Fsp3) is 0.500. The van der Waals surface area contributed by atoms with Crippen LogP contribution >= 0.6 is 0 Å². The molecule has 2 heterocycles. The molecule has 0 aliphatic rings. The summed E-state index contributed by atoms with van der Waals surface area (Å²) in [6, 6.07) is 3.90. The van der Waals surface area contributed by atoms with E-state index < -0.39 is 8.32 Å². The molecule has 130 valence electrons. The Morgan fingerprint density at radius 1 is 1.29 bits per heavy atom. The number of pyridine rings is 1. The maximum absolute atomic E-state index is 11.7. The molecule has 2 rings (SSSR count). The van der Waals surface area contributed by atoms with E-state index in [1.165, 1.54) is 0 Å². The van der Waals surface area contributed by atoms with Gasteiger partial charge in [0.2, 0.25) is 0 Å².